The van der Waals surface area contributed by atoms with Crippen LogP contribution in [0.5, 0.6) is 34.5 Å². The molecule has 0 aliphatic heterocycles. The fourth-order valence-corrected chi connectivity index (χ4v) is 5.87. The van der Waals surface area contributed by atoms with Crippen LogP contribution >= 0.6 is 0 Å². The van der Waals surface area contributed by atoms with Gasteiger partial charge in [0.1, 0.15) is 11.4 Å². The summed E-state index contributed by atoms with van der Waals surface area (Å²) in [6, 6.07) is 13.2. The molecular weight excluding hydrogens is 618 g/mol. The second kappa shape index (κ2) is 15.5. The van der Waals surface area contributed by atoms with Crippen LogP contribution in [0.2, 0.25) is 0 Å². The van der Waals surface area contributed by atoms with Crippen molar-refractivity contribution in [1.82, 2.24) is 4.57 Å². The number of rotatable bonds is 14. The van der Waals surface area contributed by atoms with Crippen molar-refractivity contribution in [2.45, 2.75) is 33.2 Å². The lowest BCUT2D eigenvalue weighted by molar-refractivity contribution is 0.0578. The van der Waals surface area contributed by atoms with Gasteiger partial charge in [-0.05, 0) is 78.8 Å². The van der Waals surface area contributed by atoms with E-state index in [-0.39, 0.29) is 17.9 Å². The molecule has 0 radical (unpaired) electrons. The lowest BCUT2D eigenvalue weighted by Gasteiger charge is -2.17. The van der Waals surface area contributed by atoms with E-state index in [0.29, 0.717) is 69.6 Å². The van der Waals surface area contributed by atoms with Gasteiger partial charge in [0.25, 0.3) is 0 Å². The van der Waals surface area contributed by atoms with Crippen molar-refractivity contribution in [3.05, 3.63) is 70.5 Å². The lowest BCUT2D eigenvalue weighted by Crippen LogP contribution is -2.18. The maximum Gasteiger partial charge on any atom is 0.355 e. The molecule has 0 N–H and O–H groups in total. The van der Waals surface area contributed by atoms with Gasteiger partial charge in [0.05, 0.1) is 56.9 Å². The van der Waals surface area contributed by atoms with Crippen molar-refractivity contribution in [3.63, 3.8) is 0 Å². The van der Waals surface area contributed by atoms with Crippen LogP contribution in [0.4, 0.5) is 0 Å². The molecular formula is C37H43NO10. The van der Waals surface area contributed by atoms with Crippen molar-refractivity contribution in [1.29, 1.82) is 0 Å². The molecule has 0 amide bonds. The average Bonchev–Trinajstić information content (AvgIpc) is 3.45. The Morgan fingerprint density at radius 3 is 1.31 bits per heavy atom. The summed E-state index contributed by atoms with van der Waals surface area (Å²) in [7, 11) is 11.6. The summed E-state index contributed by atoms with van der Waals surface area (Å²) in [6.45, 7) is 4.42. The van der Waals surface area contributed by atoms with Gasteiger partial charge in [0.15, 0.2) is 23.0 Å². The standard InChI is InChI=1S/C37H43NO10/c1-21-13-14-23(16-22(21)2)12-11-15-38-32(36(39)47-9)30(24-17-26(41-3)34(45-7)27(18-24)42-4)31(33(38)37(40)48-10)25-19-28(43-5)35(46-8)29(20-25)44-6/h13-14,16-20H,11-12,15H2,1-10H3. The van der Waals surface area contributed by atoms with E-state index in [1.54, 1.807) is 28.8 Å². The van der Waals surface area contributed by atoms with Gasteiger partial charge in [-0.2, -0.15) is 0 Å². The van der Waals surface area contributed by atoms with Crippen molar-refractivity contribution < 1.29 is 47.5 Å². The first-order chi connectivity index (χ1) is 23.1. The van der Waals surface area contributed by atoms with Crippen LogP contribution in [0.3, 0.4) is 0 Å². The van der Waals surface area contributed by atoms with E-state index in [0.717, 1.165) is 5.56 Å². The second-order valence-electron chi connectivity index (χ2n) is 10.9. The number of nitrogens with zero attached hydrogens (tertiary/aromatic N) is 1. The molecule has 256 valence electrons. The zero-order valence-corrected chi connectivity index (χ0v) is 29.2. The number of methoxy groups -OCH3 is 8. The Hall–Kier alpha value is -5.32. The third kappa shape index (κ3) is 6.71. The van der Waals surface area contributed by atoms with E-state index in [2.05, 4.69) is 32.0 Å². The van der Waals surface area contributed by atoms with Crippen LogP contribution in [-0.4, -0.2) is 73.4 Å². The highest BCUT2D eigenvalue weighted by molar-refractivity contribution is 6.09. The van der Waals surface area contributed by atoms with Crippen LogP contribution in [0.1, 0.15) is 44.1 Å². The molecule has 0 spiro atoms. The van der Waals surface area contributed by atoms with Crippen molar-refractivity contribution in [3.8, 4) is 56.8 Å². The van der Waals surface area contributed by atoms with E-state index in [9.17, 15) is 9.59 Å². The average molecular weight is 662 g/mol. The number of hydrogen-bond donors (Lipinski definition) is 0. The fraction of sp³-hybridized carbons (Fsp3) is 0.351. The largest absolute Gasteiger partial charge is 0.493 e. The molecule has 1 heterocycles. The van der Waals surface area contributed by atoms with E-state index < -0.39 is 11.9 Å². The first kappa shape index (κ1) is 35.5. The predicted molar refractivity (Wildman–Crippen MR) is 182 cm³/mol. The molecule has 4 aromatic rings. The summed E-state index contributed by atoms with van der Waals surface area (Å²) < 4.78 is 46.3. The summed E-state index contributed by atoms with van der Waals surface area (Å²) in [5.74, 6) is 0.794. The SMILES string of the molecule is COC(=O)c1c(-c2cc(OC)c(OC)c(OC)c2)c(-c2cc(OC)c(OC)c(OC)c2)c(C(=O)OC)n1CCCc1ccc(C)c(C)c1. The van der Waals surface area contributed by atoms with E-state index in [1.165, 1.54) is 68.0 Å². The number of aromatic nitrogens is 1. The maximum absolute atomic E-state index is 13.9. The smallest absolute Gasteiger partial charge is 0.355 e. The van der Waals surface area contributed by atoms with Crippen LogP contribution in [0, 0.1) is 13.8 Å². The number of ether oxygens (including phenoxy) is 8. The van der Waals surface area contributed by atoms with Gasteiger partial charge in [0.2, 0.25) is 11.5 Å². The molecule has 0 aliphatic rings. The third-order valence-electron chi connectivity index (χ3n) is 8.35. The van der Waals surface area contributed by atoms with Gasteiger partial charge in [-0.3, -0.25) is 0 Å². The number of carbonyl (C=O) groups excluding carboxylic acids is 2. The molecule has 0 unspecified atom stereocenters. The van der Waals surface area contributed by atoms with Crippen LogP contribution < -0.4 is 28.4 Å². The van der Waals surface area contributed by atoms with Gasteiger partial charge >= 0.3 is 11.9 Å². The first-order valence-electron chi connectivity index (χ1n) is 15.2. The van der Waals surface area contributed by atoms with Crippen LogP contribution in [-0.2, 0) is 22.4 Å². The van der Waals surface area contributed by atoms with Gasteiger partial charge in [0, 0.05) is 17.7 Å². The van der Waals surface area contributed by atoms with E-state index in [1.807, 2.05) is 0 Å². The Labute approximate surface area is 281 Å². The number of esters is 2. The Bertz CT molecular complexity index is 1660. The summed E-state index contributed by atoms with van der Waals surface area (Å²) >= 11 is 0. The van der Waals surface area contributed by atoms with Gasteiger partial charge < -0.3 is 42.5 Å². The molecule has 4 rings (SSSR count). The Balaban J connectivity index is 2.13. The monoisotopic (exact) mass is 661 g/mol. The normalized spacial score (nSPS) is 10.7. The summed E-state index contributed by atoms with van der Waals surface area (Å²) in [6.07, 6.45) is 1.29. The lowest BCUT2D eigenvalue weighted by atomic mass is 9.93. The van der Waals surface area contributed by atoms with Crippen molar-refractivity contribution >= 4 is 11.9 Å². The van der Waals surface area contributed by atoms with Gasteiger partial charge in [-0.25, -0.2) is 9.59 Å². The number of benzene rings is 3. The third-order valence-corrected chi connectivity index (χ3v) is 8.35. The van der Waals surface area contributed by atoms with Gasteiger partial charge in [-0.15, -0.1) is 0 Å². The molecule has 11 nitrogen and oxygen atoms in total. The molecule has 0 fully saturated rings. The molecule has 0 bridgehead atoms. The van der Waals surface area contributed by atoms with Gasteiger partial charge in [-0.1, -0.05) is 18.2 Å². The zero-order valence-electron chi connectivity index (χ0n) is 29.2. The maximum atomic E-state index is 13.9. The molecule has 48 heavy (non-hydrogen) atoms. The Morgan fingerprint density at radius 1 is 0.562 bits per heavy atom. The zero-order chi connectivity index (χ0) is 35.1. The molecule has 3 aromatic carbocycles. The number of carbonyl (C=O) groups is 2. The molecule has 0 aliphatic carbocycles. The Kier molecular flexibility index (Phi) is 11.5. The summed E-state index contributed by atoms with van der Waals surface area (Å²) in [5, 5.41) is 0. The number of aryl methyl sites for hydroxylation is 3. The minimum absolute atomic E-state index is 0.135. The predicted octanol–water partition coefficient (Wildman–Crippen LogP) is 6.70. The highest BCUT2D eigenvalue weighted by Crippen LogP contribution is 2.49. The molecule has 0 atom stereocenters. The summed E-state index contributed by atoms with van der Waals surface area (Å²) in [4.78, 5) is 27.8. The van der Waals surface area contributed by atoms with Crippen molar-refractivity contribution in [2.24, 2.45) is 0 Å². The molecule has 0 saturated carbocycles. The molecule has 0 saturated heterocycles. The minimum atomic E-state index is -0.659. The summed E-state index contributed by atoms with van der Waals surface area (Å²) in [5.41, 5.74) is 5.54. The molecule has 11 heteroatoms. The van der Waals surface area contributed by atoms with E-state index in [4.69, 9.17) is 37.9 Å². The van der Waals surface area contributed by atoms with E-state index >= 15 is 0 Å². The highest BCUT2D eigenvalue weighted by atomic mass is 16.5. The highest BCUT2D eigenvalue weighted by Gasteiger charge is 2.35. The first-order valence-corrected chi connectivity index (χ1v) is 15.2. The minimum Gasteiger partial charge on any atom is -0.493 e. The number of hydrogen-bond acceptors (Lipinski definition) is 10. The Morgan fingerprint density at radius 2 is 0.979 bits per heavy atom. The quantitative estimate of drug-likeness (QED) is 0.135. The van der Waals surface area contributed by atoms with Crippen molar-refractivity contribution in [2.75, 3.05) is 56.9 Å². The van der Waals surface area contributed by atoms with Crippen LogP contribution in [0.25, 0.3) is 22.3 Å². The topological polar surface area (TPSA) is 113 Å². The molecule has 1 aromatic heterocycles. The van der Waals surface area contributed by atoms with Crippen LogP contribution in [0.15, 0.2) is 42.5 Å². The second-order valence-corrected chi connectivity index (χ2v) is 10.9. The fourth-order valence-electron chi connectivity index (χ4n) is 5.87.